The maximum atomic E-state index is 11.0. The van der Waals surface area contributed by atoms with Crippen LogP contribution in [0.2, 0.25) is 0 Å². The van der Waals surface area contributed by atoms with Gasteiger partial charge in [-0.3, -0.25) is 4.79 Å². The molecule has 0 saturated heterocycles. The lowest BCUT2D eigenvalue weighted by Crippen LogP contribution is -2.21. The van der Waals surface area contributed by atoms with E-state index in [-0.39, 0.29) is 0 Å². The molecule has 0 bridgehead atoms. The second-order valence-corrected chi connectivity index (χ2v) is 4.83. The Morgan fingerprint density at radius 1 is 1.38 bits per heavy atom. The summed E-state index contributed by atoms with van der Waals surface area (Å²) in [6.45, 7) is 3.70. The lowest BCUT2D eigenvalue weighted by atomic mass is 9.83. The zero-order valence-corrected chi connectivity index (χ0v) is 8.68. The topological polar surface area (TPSA) is 37.3 Å². The quantitative estimate of drug-likeness (QED) is 0.730. The summed E-state index contributed by atoms with van der Waals surface area (Å²) in [5, 5.41) is 9.53. The predicted octanol–water partition coefficient (Wildman–Crippen LogP) is 2.30. The number of hydrogen-bond donors (Lipinski definition) is 1. The minimum absolute atomic E-state index is 0.416. The number of aliphatic hydroxyl groups is 1. The molecule has 1 rings (SSSR count). The van der Waals surface area contributed by atoms with Crippen LogP contribution < -0.4 is 0 Å². The van der Waals surface area contributed by atoms with Gasteiger partial charge in [0.05, 0.1) is 5.60 Å². The maximum absolute atomic E-state index is 11.0. The molecule has 13 heavy (non-hydrogen) atoms. The molecular formula is C11H20O2. The molecule has 0 unspecified atom stereocenters. The fourth-order valence-electron chi connectivity index (χ4n) is 1.85. The van der Waals surface area contributed by atoms with Crippen LogP contribution in [0.25, 0.3) is 0 Å². The highest BCUT2D eigenvalue weighted by Gasteiger charge is 2.21. The van der Waals surface area contributed by atoms with Crippen molar-refractivity contribution in [3.05, 3.63) is 0 Å². The van der Waals surface area contributed by atoms with Crippen LogP contribution in [0.3, 0.4) is 0 Å². The number of rotatable bonds is 3. The minimum atomic E-state index is -0.540. The van der Waals surface area contributed by atoms with E-state index in [1.807, 2.05) is 13.8 Å². The van der Waals surface area contributed by atoms with E-state index in [0.717, 1.165) is 38.5 Å². The molecule has 0 aromatic carbocycles. The molecule has 1 N–H and O–H groups in total. The molecule has 2 nitrogen and oxygen atoms in total. The summed E-state index contributed by atoms with van der Waals surface area (Å²) in [5.74, 6) is 1.09. The van der Waals surface area contributed by atoms with Gasteiger partial charge >= 0.3 is 0 Å². The number of Topliss-reactive ketones (excluding diaryl/α,β-unsaturated/α-hetero) is 1. The van der Waals surface area contributed by atoms with Crippen molar-refractivity contribution in [2.75, 3.05) is 0 Å². The average molecular weight is 184 g/mol. The van der Waals surface area contributed by atoms with E-state index in [2.05, 4.69) is 0 Å². The van der Waals surface area contributed by atoms with Crippen LogP contribution in [0.5, 0.6) is 0 Å². The average Bonchev–Trinajstić information content (AvgIpc) is 2.02. The van der Waals surface area contributed by atoms with E-state index in [4.69, 9.17) is 0 Å². The molecule has 0 amide bonds. The first-order valence-corrected chi connectivity index (χ1v) is 5.21. The van der Waals surface area contributed by atoms with Crippen molar-refractivity contribution in [3.63, 3.8) is 0 Å². The zero-order valence-electron chi connectivity index (χ0n) is 8.68. The standard InChI is InChI=1S/C11H20O2/c1-11(2,13)8-7-9-3-5-10(12)6-4-9/h9,13H,3-8H2,1-2H3. The van der Waals surface area contributed by atoms with Gasteiger partial charge in [0.15, 0.2) is 0 Å². The lowest BCUT2D eigenvalue weighted by molar-refractivity contribution is -0.121. The fourth-order valence-corrected chi connectivity index (χ4v) is 1.85. The number of hydrogen-bond acceptors (Lipinski definition) is 2. The molecule has 1 aliphatic rings. The molecule has 0 aromatic rings. The molecule has 2 heteroatoms. The first kappa shape index (κ1) is 10.7. The highest BCUT2D eigenvalue weighted by Crippen LogP contribution is 2.27. The number of carbonyl (C=O) groups excluding carboxylic acids is 1. The highest BCUT2D eigenvalue weighted by molar-refractivity contribution is 5.78. The van der Waals surface area contributed by atoms with Gasteiger partial charge in [0.25, 0.3) is 0 Å². The Hall–Kier alpha value is -0.370. The van der Waals surface area contributed by atoms with Crippen molar-refractivity contribution in [1.29, 1.82) is 0 Å². The van der Waals surface area contributed by atoms with Gasteiger partial charge in [0.2, 0.25) is 0 Å². The zero-order chi connectivity index (χ0) is 9.90. The molecular weight excluding hydrogens is 164 g/mol. The molecule has 0 aliphatic heterocycles. The summed E-state index contributed by atoms with van der Waals surface area (Å²) in [7, 11) is 0. The Kier molecular flexibility index (Phi) is 3.48. The summed E-state index contributed by atoms with van der Waals surface area (Å²) in [5.41, 5.74) is -0.540. The number of carbonyl (C=O) groups is 1. The third-order valence-corrected chi connectivity index (χ3v) is 2.83. The van der Waals surface area contributed by atoms with Gasteiger partial charge in [-0.1, -0.05) is 0 Å². The van der Waals surface area contributed by atoms with Crippen molar-refractivity contribution in [2.24, 2.45) is 5.92 Å². The first-order chi connectivity index (χ1) is 5.97. The molecule has 1 aliphatic carbocycles. The Morgan fingerprint density at radius 2 is 1.92 bits per heavy atom. The largest absolute Gasteiger partial charge is 0.390 e. The number of ketones is 1. The highest BCUT2D eigenvalue weighted by atomic mass is 16.3. The molecule has 0 heterocycles. The van der Waals surface area contributed by atoms with E-state index >= 15 is 0 Å². The molecule has 0 atom stereocenters. The molecule has 0 radical (unpaired) electrons. The predicted molar refractivity (Wildman–Crippen MR) is 52.5 cm³/mol. The summed E-state index contributed by atoms with van der Waals surface area (Å²) < 4.78 is 0. The summed E-state index contributed by atoms with van der Waals surface area (Å²) in [4.78, 5) is 11.0. The van der Waals surface area contributed by atoms with Crippen LogP contribution in [0, 0.1) is 5.92 Å². The van der Waals surface area contributed by atoms with Gasteiger partial charge < -0.3 is 5.11 Å². The van der Waals surface area contributed by atoms with E-state index in [1.54, 1.807) is 0 Å². The van der Waals surface area contributed by atoms with Gasteiger partial charge in [0, 0.05) is 12.8 Å². The second-order valence-electron chi connectivity index (χ2n) is 4.83. The van der Waals surface area contributed by atoms with E-state index in [1.165, 1.54) is 0 Å². The Bertz CT molecular complexity index is 169. The van der Waals surface area contributed by atoms with Crippen molar-refractivity contribution in [2.45, 2.75) is 58.0 Å². The van der Waals surface area contributed by atoms with Gasteiger partial charge in [-0.15, -0.1) is 0 Å². The third-order valence-electron chi connectivity index (χ3n) is 2.83. The van der Waals surface area contributed by atoms with Crippen LogP contribution in [0.15, 0.2) is 0 Å². The summed E-state index contributed by atoms with van der Waals surface area (Å²) >= 11 is 0. The van der Waals surface area contributed by atoms with Crippen molar-refractivity contribution in [1.82, 2.24) is 0 Å². The second kappa shape index (κ2) is 4.23. The fraction of sp³-hybridized carbons (Fsp3) is 0.909. The van der Waals surface area contributed by atoms with Gasteiger partial charge in [-0.25, -0.2) is 0 Å². The smallest absolute Gasteiger partial charge is 0.132 e. The first-order valence-electron chi connectivity index (χ1n) is 5.21. The third kappa shape index (κ3) is 4.41. The molecule has 0 aromatic heterocycles. The van der Waals surface area contributed by atoms with E-state index in [9.17, 15) is 9.90 Å². The van der Waals surface area contributed by atoms with Crippen molar-refractivity contribution < 1.29 is 9.90 Å². The van der Waals surface area contributed by atoms with Crippen LogP contribution >= 0.6 is 0 Å². The molecule has 0 spiro atoms. The van der Waals surface area contributed by atoms with Crippen molar-refractivity contribution in [3.8, 4) is 0 Å². The maximum Gasteiger partial charge on any atom is 0.132 e. The van der Waals surface area contributed by atoms with Crippen LogP contribution in [0.1, 0.15) is 52.4 Å². The molecule has 1 saturated carbocycles. The lowest BCUT2D eigenvalue weighted by Gasteiger charge is -2.24. The monoisotopic (exact) mass is 184 g/mol. The summed E-state index contributed by atoms with van der Waals surface area (Å²) in [6.07, 6.45) is 5.51. The van der Waals surface area contributed by atoms with Crippen LogP contribution in [-0.4, -0.2) is 16.5 Å². The Morgan fingerprint density at radius 3 is 2.38 bits per heavy atom. The van der Waals surface area contributed by atoms with Gasteiger partial charge in [0.1, 0.15) is 5.78 Å². The van der Waals surface area contributed by atoms with Gasteiger partial charge in [-0.2, -0.15) is 0 Å². The van der Waals surface area contributed by atoms with Crippen LogP contribution in [0.4, 0.5) is 0 Å². The molecule has 1 fully saturated rings. The Labute approximate surface area is 80.3 Å². The van der Waals surface area contributed by atoms with Gasteiger partial charge in [-0.05, 0) is 45.4 Å². The van der Waals surface area contributed by atoms with Crippen molar-refractivity contribution >= 4 is 5.78 Å². The SMILES string of the molecule is CC(C)(O)CCC1CCC(=O)CC1. The van der Waals surface area contributed by atoms with E-state index in [0.29, 0.717) is 11.7 Å². The normalized spacial score (nSPS) is 20.7. The van der Waals surface area contributed by atoms with E-state index < -0.39 is 5.60 Å². The minimum Gasteiger partial charge on any atom is -0.390 e. The summed E-state index contributed by atoms with van der Waals surface area (Å²) in [6, 6.07) is 0. The Balaban J connectivity index is 2.20. The van der Waals surface area contributed by atoms with Crippen LogP contribution in [-0.2, 0) is 4.79 Å². The molecule has 76 valence electrons.